The van der Waals surface area contributed by atoms with Crippen LogP contribution >= 0.6 is 0 Å². The van der Waals surface area contributed by atoms with Crippen molar-refractivity contribution in [3.8, 4) is 11.6 Å². The number of alkyl halides is 6. The summed E-state index contributed by atoms with van der Waals surface area (Å²) in [5.74, 6) is 0.437. The zero-order valence-electron chi connectivity index (χ0n) is 19.1. The van der Waals surface area contributed by atoms with Gasteiger partial charge in [-0.15, -0.1) is 0 Å². The summed E-state index contributed by atoms with van der Waals surface area (Å²) in [5.41, 5.74) is -2.54. The first-order valence-corrected chi connectivity index (χ1v) is 10.7. The van der Waals surface area contributed by atoms with Crippen LogP contribution in [-0.2, 0) is 17.8 Å². The Bertz CT molecular complexity index is 1600. The van der Waals surface area contributed by atoms with Crippen LogP contribution in [0.2, 0.25) is 0 Å². The largest absolute Gasteiger partial charge is 0.435 e. The normalized spacial score (nSPS) is 12.9. The molecule has 37 heavy (non-hydrogen) atoms. The Kier molecular flexibility index (Phi) is 5.49. The van der Waals surface area contributed by atoms with E-state index in [4.69, 9.17) is 0 Å². The van der Waals surface area contributed by atoms with Crippen LogP contribution in [0.5, 0.6) is 0 Å². The van der Waals surface area contributed by atoms with Crippen molar-refractivity contribution in [2.45, 2.75) is 31.6 Å². The van der Waals surface area contributed by atoms with E-state index < -0.39 is 34.7 Å². The van der Waals surface area contributed by atoms with Crippen molar-refractivity contribution < 1.29 is 26.3 Å². The molecule has 0 aromatic carbocycles. The Morgan fingerprint density at radius 2 is 1.35 bits per heavy atom. The number of hydrogen-bond acceptors (Lipinski definition) is 6. The van der Waals surface area contributed by atoms with Gasteiger partial charge in [0.25, 0.3) is 0 Å². The number of rotatable bonds is 4. The van der Waals surface area contributed by atoms with E-state index in [1.54, 1.807) is 30.3 Å². The number of nitrogens with zero attached hydrogens (tertiary/aromatic N) is 8. The molecular formula is C23H16F6N8. The predicted octanol–water partition coefficient (Wildman–Crippen LogP) is 5.15. The third kappa shape index (κ3) is 4.38. The smallest absolute Gasteiger partial charge is 0.267 e. The van der Waals surface area contributed by atoms with Crippen molar-refractivity contribution >= 4 is 11.2 Å². The first-order chi connectivity index (χ1) is 17.4. The number of aromatic nitrogens is 8. The molecule has 0 radical (unpaired) electrons. The molecule has 14 heteroatoms. The molecule has 0 aliphatic heterocycles. The third-order valence-electron chi connectivity index (χ3n) is 5.71. The fourth-order valence-corrected chi connectivity index (χ4v) is 3.75. The SMILES string of the molecule is CC(C)(c1cccc(-n2ccc(C(F)(F)F)n2)n1)c1cccc(-n2cnc3c(C(F)(F)F)ncnc32)n1. The van der Waals surface area contributed by atoms with E-state index in [1.807, 2.05) is 13.8 Å². The van der Waals surface area contributed by atoms with Gasteiger partial charge in [-0.2, -0.15) is 31.4 Å². The average Bonchev–Trinajstić information content (AvgIpc) is 3.51. The van der Waals surface area contributed by atoms with Crippen molar-refractivity contribution in [2.24, 2.45) is 0 Å². The molecule has 0 fully saturated rings. The number of hydrogen-bond donors (Lipinski definition) is 0. The minimum atomic E-state index is -4.70. The molecule has 0 N–H and O–H groups in total. The van der Waals surface area contributed by atoms with Gasteiger partial charge >= 0.3 is 12.4 Å². The highest BCUT2D eigenvalue weighted by atomic mass is 19.4. The fraction of sp³-hybridized carbons (Fsp3) is 0.217. The van der Waals surface area contributed by atoms with Gasteiger partial charge in [-0.25, -0.2) is 29.6 Å². The van der Waals surface area contributed by atoms with E-state index >= 15 is 0 Å². The molecule has 5 aromatic heterocycles. The second-order valence-electron chi connectivity index (χ2n) is 8.54. The lowest BCUT2D eigenvalue weighted by Crippen LogP contribution is -2.23. The Morgan fingerprint density at radius 1 is 0.703 bits per heavy atom. The van der Waals surface area contributed by atoms with Gasteiger partial charge in [0.15, 0.2) is 22.9 Å². The van der Waals surface area contributed by atoms with E-state index in [2.05, 4.69) is 30.0 Å². The molecule has 0 aliphatic rings. The summed E-state index contributed by atoms with van der Waals surface area (Å²) in [6.45, 7) is 3.62. The predicted molar refractivity (Wildman–Crippen MR) is 118 cm³/mol. The summed E-state index contributed by atoms with van der Waals surface area (Å²) in [6, 6.07) is 10.7. The molecule has 0 saturated carbocycles. The molecule has 0 spiro atoms. The van der Waals surface area contributed by atoms with E-state index in [9.17, 15) is 26.3 Å². The molecule has 5 aromatic rings. The summed E-state index contributed by atoms with van der Waals surface area (Å²) in [6.07, 6.45) is -6.13. The van der Waals surface area contributed by atoms with Gasteiger partial charge in [-0.3, -0.25) is 4.57 Å². The lowest BCUT2D eigenvalue weighted by molar-refractivity contribution is -0.141. The highest BCUT2D eigenvalue weighted by Gasteiger charge is 2.37. The van der Waals surface area contributed by atoms with Crippen molar-refractivity contribution in [2.75, 3.05) is 0 Å². The summed E-state index contributed by atoms with van der Waals surface area (Å²) in [7, 11) is 0. The van der Waals surface area contributed by atoms with Crippen molar-refractivity contribution in [1.29, 1.82) is 0 Å². The van der Waals surface area contributed by atoms with Crippen LogP contribution in [-0.4, -0.2) is 39.3 Å². The molecule has 0 amide bonds. The lowest BCUT2D eigenvalue weighted by Gasteiger charge is -2.24. The monoisotopic (exact) mass is 518 g/mol. The topological polar surface area (TPSA) is 87.2 Å². The maximum absolute atomic E-state index is 13.3. The fourth-order valence-electron chi connectivity index (χ4n) is 3.75. The van der Waals surface area contributed by atoms with Gasteiger partial charge in [0.1, 0.15) is 24.0 Å². The average molecular weight is 518 g/mol. The van der Waals surface area contributed by atoms with Crippen LogP contribution in [0.15, 0.2) is 61.3 Å². The molecule has 5 rings (SSSR count). The number of pyridine rings is 2. The van der Waals surface area contributed by atoms with Gasteiger partial charge in [0, 0.05) is 11.6 Å². The van der Waals surface area contributed by atoms with Gasteiger partial charge in [-0.05, 0) is 44.2 Å². The van der Waals surface area contributed by atoms with Gasteiger partial charge in [0.05, 0.1) is 11.4 Å². The summed E-state index contributed by atoms with van der Waals surface area (Å²) in [5, 5.41) is 3.56. The molecule has 0 unspecified atom stereocenters. The Labute approximate surface area is 204 Å². The van der Waals surface area contributed by atoms with Crippen LogP contribution in [0.25, 0.3) is 22.8 Å². The second-order valence-corrected chi connectivity index (χ2v) is 8.54. The van der Waals surface area contributed by atoms with Gasteiger partial charge < -0.3 is 0 Å². The molecule has 0 bridgehead atoms. The Balaban J connectivity index is 1.53. The van der Waals surface area contributed by atoms with Crippen LogP contribution in [0, 0.1) is 0 Å². The van der Waals surface area contributed by atoms with Crippen LogP contribution in [0.1, 0.15) is 36.6 Å². The highest BCUT2D eigenvalue weighted by Crippen LogP contribution is 2.33. The molecular weight excluding hydrogens is 502 g/mol. The molecule has 0 aliphatic carbocycles. The van der Waals surface area contributed by atoms with Crippen LogP contribution in [0.3, 0.4) is 0 Å². The molecule has 0 atom stereocenters. The standard InChI is InChI=1S/C23H16F6N8/c1-21(2,14-6-4-8-17(34-14)37-10-9-15(35-37)22(24,25)26)13-5-3-7-16(33-13)36-12-32-18-19(23(27,28)29)30-11-31-20(18)36/h3-12H,1-2H3. The maximum Gasteiger partial charge on any atom is 0.435 e. The molecule has 5 heterocycles. The maximum atomic E-state index is 13.3. The summed E-state index contributed by atoms with van der Waals surface area (Å²) >= 11 is 0. The van der Waals surface area contributed by atoms with Gasteiger partial charge in [-0.1, -0.05) is 12.1 Å². The van der Waals surface area contributed by atoms with E-state index in [1.165, 1.54) is 23.2 Å². The minimum absolute atomic E-state index is 0.0657. The molecule has 8 nitrogen and oxygen atoms in total. The number of fused-ring (bicyclic) bond motifs is 1. The van der Waals surface area contributed by atoms with E-state index in [0.29, 0.717) is 11.4 Å². The van der Waals surface area contributed by atoms with Crippen molar-refractivity contribution in [3.63, 3.8) is 0 Å². The summed E-state index contributed by atoms with van der Waals surface area (Å²) in [4.78, 5) is 20.2. The van der Waals surface area contributed by atoms with Crippen molar-refractivity contribution in [1.82, 2.24) is 39.3 Å². The lowest BCUT2D eigenvalue weighted by atomic mass is 9.84. The summed E-state index contributed by atoms with van der Waals surface area (Å²) < 4.78 is 81.2. The molecule has 0 saturated heterocycles. The first kappa shape index (κ1) is 24.3. The quantitative estimate of drug-likeness (QED) is 0.306. The second kappa shape index (κ2) is 8.35. The van der Waals surface area contributed by atoms with Gasteiger partial charge in [0.2, 0.25) is 0 Å². The van der Waals surface area contributed by atoms with Crippen LogP contribution < -0.4 is 0 Å². The Morgan fingerprint density at radius 3 is 1.97 bits per heavy atom. The highest BCUT2D eigenvalue weighted by molar-refractivity contribution is 5.75. The van der Waals surface area contributed by atoms with Crippen molar-refractivity contribution in [3.05, 3.63) is 84.1 Å². The number of imidazole rings is 1. The molecule has 190 valence electrons. The number of halogens is 6. The van der Waals surface area contributed by atoms with Crippen LogP contribution in [0.4, 0.5) is 26.3 Å². The van der Waals surface area contributed by atoms with E-state index in [0.717, 1.165) is 17.1 Å². The first-order valence-electron chi connectivity index (χ1n) is 10.7. The minimum Gasteiger partial charge on any atom is -0.267 e. The zero-order chi connectivity index (χ0) is 26.6. The Hall–Kier alpha value is -4.36. The zero-order valence-corrected chi connectivity index (χ0v) is 19.1. The van der Waals surface area contributed by atoms with E-state index in [-0.39, 0.29) is 17.3 Å². The third-order valence-corrected chi connectivity index (χ3v) is 5.71.